The number of carbonyl (C=O) groups excluding carboxylic acids is 1. The topological polar surface area (TPSA) is 29.1 Å². The van der Waals surface area contributed by atoms with Crippen LogP contribution in [0.5, 0.6) is 0 Å². The van der Waals surface area contributed by atoms with Gasteiger partial charge in [0.25, 0.3) is 0 Å². The predicted molar refractivity (Wildman–Crippen MR) is 77.2 cm³/mol. The fourth-order valence-corrected chi connectivity index (χ4v) is 2.38. The molecule has 0 saturated carbocycles. The van der Waals surface area contributed by atoms with Crippen LogP contribution in [0.3, 0.4) is 0 Å². The van der Waals surface area contributed by atoms with Crippen molar-refractivity contribution < 1.29 is 18.0 Å². The van der Waals surface area contributed by atoms with E-state index in [2.05, 4.69) is 5.32 Å². The third-order valence-electron chi connectivity index (χ3n) is 2.59. The Labute approximate surface area is 124 Å². The highest BCUT2D eigenvalue weighted by Crippen LogP contribution is 2.31. The first-order valence-corrected chi connectivity index (χ1v) is 7.09. The van der Waals surface area contributed by atoms with Gasteiger partial charge in [-0.15, -0.1) is 11.8 Å². The zero-order valence-corrected chi connectivity index (χ0v) is 11.7. The largest absolute Gasteiger partial charge is 0.416 e. The van der Waals surface area contributed by atoms with Gasteiger partial charge >= 0.3 is 6.18 Å². The Morgan fingerprint density at radius 1 is 1.05 bits per heavy atom. The number of anilines is 1. The minimum absolute atomic E-state index is 0.0518. The van der Waals surface area contributed by atoms with Gasteiger partial charge in [-0.3, -0.25) is 4.79 Å². The number of thioether (sulfide) groups is 1. The second-order valence-corrected chi connectivity index (χ2v) is 5.28. The van der Waals surface area contributed by atoms with Crippen molar-refractivity contribution in [2.45, 2.75) is 11.1 Å². The molecule has 2 aromatic rings. The Hall–Kier alpha value is -1.95. The van der Waals surface area contributed by atoms with Gasteiger partial charge in [0.2, 0.25) is 5.91 Å². The second-order valence-electron chi connectivity index (χ2n) is 4.23. The molecule has 1 N–H and O–H groups in total. The van der Waals surface area contributed by atoms with Crippen LogP contribution in [0.1, 0.15) is 5.56 Å². The zero-order valence-electron chi connectivity index (χ0n) is 10.9. The van der Waals surface area contributed by atoms with Gasteiger partial charge in [-0.05, 0) is 30.3 Å². The summed E-state index contributed by atoms with van der Waals surface area (Å²) in [7, 11) is 0. The van der Waals surface area contributed by atoms with Crippen molar-refractivity contribution in [3.63, 3.8) is 0 Å². The summed E-state index contributed by atoms with van der Waals surface area (Å²) in [5, 5.41) is 2.68. The summed E-state index contributed by atoms with van der Waals surface area (Å²) in [4.78, 5) is 12.1. The van der Waals surface area contributed by atoms with Gasteiger partial charge in [-0.25, -0.2) is 0 Å². The number of halogens is 3. The smallest absolute Gasteiger partial charge is 0.325 e. The van der Waals surface area contributed by atoms with E-state index in [9.17, 15) is 18.0 Å². The van der Waals surface area contributed by atoms with Crippen LogP contribution in [0, 0.1) is 0 Å². The van der Waals surface area contributed by atoms with Gasteiger partial charge < -0.3 is 5.32 Å². The monoisotopic (exact) mass is 311 g/mol. The molecule has 0 unspecified atom stereocenters. The molecule has 0 aliphatic rings. The minimum atomic E-state index is -4.37. The van der Waals surface area contributed by atoms with Crippen molar-refractivity contribution in [3.05, 3.63) is 60.2 Å². The van der Waals surface area contributed by atoms with Crippen molar-refractivity contribution in [1.82, 2.24) is 0 Å². The lowest BCUT2D eigenvalue weighted by molar-refractivity contribution is -0.137. The predicted octanol–water partition coefficient (Wildman–Crippen LogP) is 4.44. The highest BCUT2D eigenvalue weighted by Gasteiger charge is 2.30. The SMILES string of the molecule is O=C(CSc1cccc(C(F)(F)F)c1)Nc1ccccc1. The molecule has 0 aliphatic carbocycles. The van der Waals surface area contributed by atoms with Crippen LogP contribution in [0.25, 0.3) is 0 Å². The molecule has 0 aliphatic heterocycles. The van der Waals surface area contributed by atoms with Crippen LogP contribution in [0.2, 0.25) is 0 Å². The van der Waals surface area contributed by atoms with Crippen LogP contribution in [-0.2, 0) is 11.0 Å². The van der Waals surface area contributed by atoms with E-state index in [1.165, 1.54) is 6.07 Å². The lowest BCUT2D eigenvalue weighted by atomic mass is 10.2. The molecule has 2 rings (SSSR count). The average Bonchev–Trinajstić information content (AvgIpc) is 2.46. The van der Waals surface area contributed by atoms with Gasteiger partial charge in [0, 0.05) is 10.6 Å². The number of hydrogen-bond acceptors (Lipinski definition) is 2. The summed E-state index contributed by atoms with van der Waals surface area (Å²) < 4.78 is 37.7. The Balaban J connectivity index is 1.92. The van der Waals surface area contributed by atoms with Crippen molar-refractivity contribution in [3.8, 4) is 0 Å². The quantitative estimate of drug-likeness (QED) is 0.846. The Kier molecular flexibility index (Phi) is 4.90. The highest BCUT2D eigenvalue weighted by molar-refractivity contribution is 8.00. The molecule has 0 radical (unpaired) electrons. The van der Waals surface area contributed by atoms with E-state index >= 15 is 0 Å². The molecule has 21 heavy (non-hydrogen) atoms. The molecule has 0 fully saturated rings. The van der Waals surface area contributed by atoms with E-state index in [-0.39, 0.29) is 11.7 Å². The third kappa shape index (κ3) is 4.82. The van der Waals surface area contributed by atoms with E-state index in [0.717, 1.165) is 23.9 Å². The van der Waals surface area contributed by atoms with Gasteiger partial charge in [-0.2, -0.15) is 13.2 Å². The highest BCUT2D eigenvalue weighted by atomic mass is 32.2. The molecular weight excluding hydrogens is 299 g/mol. The molecule has 0 heterocycles. The molecule has 0 bridgehead atoms. The summed E-state index contributed by atoms with van der Waals surface area (Å²) in [5.74, 6) is -0.209. The van der Waals surface area contributed by atoms with Crippen molar-refractivity contribution in [2.75, 3.05) is 11.1 Å². The number of benzene rings is 2. The molecule has 1 amide bonds. The van der Waals surface area contributed by atoms with Crippen LogP contribution in [-0.4, -0.2) is 11.7 Å². The maximum absolute atomic E-state index is 12.6. The van der Waals surface area contributed by atoms with Crippen LogP contribution >= 0.6 is 11.8 Å². The molecule has 2 aromatic carbocycles. The third-order valence-corrected chi connectivity index (χ3v) is 3.58. The minimum Gasteiger partial charge on any atom is -0.325 e. The zero-order chi connectivity index (χ0) is 15.3. The summed E-state index contributed by atoms with van der Waals surface area (Å²) >= 11 is 1.07. The maximum Gasteiger partial charge on any atom is 0.416 e. The molecule has 6 heteroatoms. The number of alkyl halides is 3. The second kappa shape index (κ2) is 6.67. The number of rotatable bonds is 4. The van der Waals surface area contributed by atoms with Crippen molar-refractivity contribution in [2.24, 2.45) is 0 Å². The number of carbonyl (C=O) groups is 1. The van der Waals surface area contributed by atoms with Gasteiger partial charge in [0.15, 0.2) is 0 Å². The van der Waals surface area contributed by atoms with E-state index in [0.29, 0.717) is 10.6 Å². The molecule has 0 spiro atoms. The fourth-order valence-electron chi connectivity index (χ4n) is 1.63. The molecule has 110 valence electrons. The van der Waals surface area contributed by atoms with Gasteiger partial charge in [0.1, 0.15) is 0 Å². The molecule has 0 saturated heterocycles. The van der Waals surface area contributed by atoms with Crippen LogP contribution in [0.15, 0.2) is 59.5 Å². The Bertz CT molecular complexity index is 614. The number of amides is 1. The molecule has 0 aromatic heterocycles. The van der Waals surface area contributed by atoms with E-state index in [1.54, 1.807) is 30.3 Å². The first-order valence-electron chi connectivity index (χ1n) is 6.10. The lowest BCUT2D eigenvalue weighted by Gasteiger charge is -2.08. The molecule has 0 atom stereocenters. The van der Waals surface area contributed by atoms with Crippen molar-refractivity contribution >= 4 is 23.4 Å². The molecular formula is C15H12F3NOS. The average molecular weight is 311 g/mol. The first kappa shape index (κ1) is 15.4. The first-order chi connectivity index (χ1) is 9.95. The number of hydrogen-bond donors (Lipinski definition) is 1. The summed E-state index contributed by atoms with van der Waals surface area (Å²) in [6.45, 7) is 0. The van der Waals surface area contributed by atoms with Crippen molar-refractivity contribution in [1.29, 1.82) is 0 Å². The van der Waals surface area contributed by atoms with E-state index < -0.39 is 11.7 Å². The van der Waals surface area contributed by atoms with Gasteiger partial charge in [-0.1, -0.05) is 24.3 Å². The fraction of sp³-hybridized carbons (Fsp3) is 0.133. The summed E-state index contributed by atoms with van der Waals surface area (Å²) in [5.41, 5.74) is -0.0527. The number of nitrogens with one attached hydrogen (secondary N) is 1. The van der Waals surface area contributed by atoms with Gasteiger partial charge in [0.05, 0.1) is 11.3 Å². The standard InChI is InChI=1S/C15H12F3NOS/c16-15(17,18)11-5-4-8-13(9-11)21-10-14(20)19-12-6-2-1-3-7-12/h1-9H,10H2,(H,19,20). The van der Waals surface area contributed by atoms with Crippen LogP contribution < -0.4 is 5.32 Å². The van der Waals surface area contributed by atoms with Crippen LogP contribution in [0.4, 0.5) is 18.9 Å². The number of para-hydroxylation sites is 1. The summed E-state index contributed by atoms with van der Waals surface area (Å²) in [6.07, 6.45) is -4.37. The maximum atomic E-state index is 12.6. The summed E-state index contributed by atoms with van der Waals surface area (Å²) in [6, 6.07) is 13.8. The molecule has 2 nitrogen and oxygen atoms in total. The Morgan fingerprint density at radius 2 is 1.76 bits per heavy atom. The lowest BCUT2D eigenvalue weighted by Crippen LogP contribution is -2.13. The van der Waals surface area contributed by atoms with E-state index in [4.69, 9.17) is 0 Å². The normalized spacial score (nSPS) is 11.2. The van der Waals surface area contributed by atoms with E-state index in [1.807, 2.05) is 6.07 Å². The Morgan fingerprint density at radius 3 is 2.43 bits per heavy atom.